The maximum atomic E-state index is 8.63. The fourth-order valence-corrected chi connectivity index (χ4v) is 0.856. The number of aromatic hydroxyl groups is 2. The van der Waals surface area contributed by atoms with Crippen molar-refractivity contribution in [1.29, 1.82) is 0 Å². The van der Waals surface area contributed by atoms with Gasteiger partial charge in [-0.2, -0.15) is 0 Å². The van der Waals surface area contributed by atoms with E-state index in [0.717, 1.165) is 0 Å². The Labute approximate surface area is 158 Å². The third-order valence-corrected chi connectivity index (χ3v) is 1.51. The van der Waals surface area contributed by atoms with Crippen molar-refractivity contribution >= 4 is 0 Å². The number of phenolic OH excluding ortho intramolecular Hbond substituents is 2. The van der Waals surface area contributed by atoms with Gasteiger partial charge in [0.05, 0.1) is 0 Å². The van der Waals surface area contributed by atoms with E-state index < -0.39 is 0 Å². The molecule has 2 heteroatoms. The van der Waals surface area contributed by atoms with Gasteiger partial charge in [0.2, 0.25) is 0 Å². The molecule has 0 aliphatic rings. The van der Waals surface area contributed by atoms with Gasteiger partial charge in [-0.1, -0.05) is 112 Å². The fraction of sp³-hybridized carbons (Fsp3) is 0.478. The molecule has 0 aliphatic heterocycles. The minimum absolute atomic E-state index is 0.322. The average Bonchev–Trinajstić information content (AvgIpc) is 2.70. The van der Waals surface area contributed by atoms with E-state index in [4.69, 9.17) is 10.2 Å². The van der Waals surface area contributed by atoms with Crippen LogP contribution in [0.1, 0.15) is 75.7 Å². The summed E-state index contributed by atoms with van der Waals surface area (Å²) < 4.78 is 0. The second kappa shape index (κ2) is 43.1. The lowest BCUT2D eigenvalue weighted by molar-refractivity contribution is 0.475. The molecular formula is C23H44O2. The van der Waals surface area contributed by atoms with E-state index in [1.807, 2.05) is 67.5 Å². The summed E-state index contributed by atoms with van der Waals surface area (Å²) in [7, 11) is 0. The normalized spacial score (nSPS) is 6.48. The summed E-state index contributed by atoms with van der Waals surface area (Å²) in [4.78, 5) is 0. The van der Waals surface area contributed by atoms with Crippen molar-refractivity contribution in [3.05, 3.63) is 60.7 Å². The van der Waals surface area contributed by atoms with Gasteiger partial charge >= 0.3 is 0 Å². The Balaban J connectivity index is -0.0000000695. The molecule has 148 valence electrons. The lowest BCUT2D eigenvalue weighted by atomic mass is 10.3. The molecule has 2 aromatic carbocycles. The number of phenols is 2. The summed E-state index contributed by atoms with van der Waals surface area (Å²) in [6.07, 6.45) is 1.25. The molecule has 0 atom stereocenters. The molecule has 0 heterocycles. The number of para-hydroxylation sites is 2. The topological polar surface area (TPSA) is 40.5 Å². The summed E-state index contributed by atoms with van der Waals surface area (Å²) >= 11 is 0. The number of hydrogen-bond acceptors (Lipinski definition) is 2. The first-order chi connectivity index (χ1) is 12.2. The van der Waals surface area contributed by atoms with Crippen LogP contribution in [0.4, 0.5) is 0 Å². The van der Waals surface area contributed by atoms with Crippen molar-refractivity contribution in [2.75, 3.05) is 0 Å². The predicted molar refractivity (Wildman–Crippen MR) is 118 cm³/mol. The van der Waals surface area contributed by atoms with Crippen molar-refractivity contribution in [3.8, 4) is 11.5 Å². The van der Waals surface area contributed by atoms with Gasteiger partial charge in [-0.15, -0.1) is 0 Å². The summed E-state index contributed by atoms with van der Waals surface area (Å²) in [6, 6.07) is 17.4. The van der Waals surface area contributed by atoms with E-state index in [1.165, 1.54) is 6.42 Å². The van der Waals surface area contributed by atoms with E-state index in [9.17, 15) is 0 Å². The second-order valence-electron chi connectivity index (χ2n) is 3.38. The molecule has 2 rings (SSSR count). The van der Waals surface area contributed by atoms with Crippen molar-refractivity contribution in [2.45, 2.75) is 75.7 Å². The molecule has 2 N–H and O–H groups in total. The fourth-order valence-electron chi connectivity index (χ4n) is 0.856. The molecule has 0 saturated heterocycles. The first-order valence-electron chi connectivity index (χ1n) is 9.68. The Bertz CT molecular complexity index is 321. The van der Waals surface area contributed by atoms with E-state index in [-0.39, 0.29) is 0 Å². The Morgan fingerprint density at radius 2 is 0.640 bits per heavy atom. The van der Waals surface area contributed by atoms with E-state index in [0.29, 0.717) is 11.5 Å². The van der Waals surface area contributed by atoms with Crippen LogP contribution in [0.2, 0.25) is 0 Å². The lowest BCUT2D eigenvalue weighted by Crippen LogP contribution is -1.56. The molecule has 25 heavy (non-hydrogen) atoms. The maximum absolute atomic E-state index is 8.63. The average molecular weight is 353 g/mol. The highest BCUT2D eigenvalue weighted by molar-refractivity contribution is 5.19. The van der Waals surface area contributed by atoms with Gasteiger partial charge in [0.1, 0.15) is 11.5 Å². The van der Waals surface area contributed by atoms with Crippen molar-refractivity contribution < 1.29 is 10.2 Å². The summed E-state index contributed by atoms with van der Waals surface area (Å²) in [6.45, 7) is 20.2. The quantitative estimate of drug-likeness (QED) is 0.500. The van der Waals surface area contributed by atoms with E-state index in [1.54, 1.807) is 48.5 Å². The molecular weight excluding hydrogens is 308 g/mol. The third-order valence-electron chi connectivity index (χ3n) is 1.51. The highest BCUT2D eigenvalue weighted by Crippen LogP contribution is 2.03. The summed E-state index contributed by atoms with van der Waals surface area (Å²) in [5.41, 5.74) is 0. The zero-order valence-corrected chi connectivity index (χ0v) is 18.4. The van der Waals surface area contributed by atoms with Crippen LogP contribution in [0.15, 0.2) is 60.7 Å². The molecule has 2 aromatic rings. The predicted octanol–water partition coefficient (Wildman–Crippen LogP) is 8.31. The highest BCUT2D eigenvalue weighted by Gasteiger charge is 1.75. The van der Waals surface area contributed by atoms with Gasteiger partial charge in [0, 0.05) is 0 Å². The molecule has 0 bridgehead atoms. The lowest BCUT2D eigenvalue weighted by Gasteiger charge is -1.82. The van der Waals surface area contributed by atoms with Crippen molar-refractivity contribution in [1.82, 2.24) is 0 Å². The van der Waals surface area contributed by atoms with Gasteiger partial charge in [0.25, 0.3) is 0 Å². The minimum atomic E-state index is 0.322. The molecule has 0 spiro atoms. The first-order valence-corrected chi connectivity index (χ1v) is 9.68. The SMILES string of the molecule is CC.CC.CC.CC.CCC.Oc1ccccc1.Oc1ccccc1. The zero-order chi connectivity index (χ0) is 20.9. The molecule has 0 aliphatic carbocycles. The smallest absolute Gasteiger partial charge is 0.115 e. The summed E-state index contributed by atoms with van der Waals surface area (Å²) in [5, 5.41) is 17.3. The molecule has 0 fully saturated rings. The van der Waals surface area contributed by atoms with Crippen LogP contribution >= 0.6 is 0 Å². The Morgan fingerprint density at radius 3 is 0.720 bits per heavy atom. The zero-order valence-electron chi connectivity index (χ0n) is 18.4. The minimum Gasteiger partial charge on any atom is -0.508 e. The molecule has 0 saturated carbocycles. The largest absolute Gasteiger partial charge is 0.508 e. The van der Waals surface area contributed by atoms with Crippen LogP contribution in [0, 0.1) is 0 Å². The number of rotatable bonds is 0. The molecule has 2 nitrogen and oxygen atoms in total. The third kappa shape index (κ3) is 44.9. The van der Waals surface area contributed by atoms with Gasteiger partial charge in [-0.25, -0.2) is 0 Å². The maximum Gasteiger partial charge on any atom is 0.115 e. The summed E-state index contributed by atoms with van der Waals surface area (Å²) in [5.74, 6) is 0.644. The number of benzene rings is 2. The Morgan fingerprint density at radius 1 is 0.480 bits per heavy atom. The van der Waals surface area contributed by atoms with Crippen LogP contribution in [-0.2, 0) is 0 Å². The van der Waals surface area contributed by atoms with Crippen molar-refractivity contribution in [2.24, 2.45) is 0 Å². The monoisotopic (exact) mass is 352 g/mol. The Kier molecular flexibility index (Phi) is 59.3. The number of hydrogen-bond donors (Lipinski definition) is 2. The second-order valence-corrected chi connectivity index (χ2v) is 3.38. The van der Waals surface area contributed by atoms with E-state index >= 15 is 0 Å². The van der Waals surface area contributed by atoms with Gasteiger partial charge < -0.3 is 10.2 Å². The van der Waals surface area contributed by atoms with Crippen molar-refractivity contribution in [3.63, 3.8) is 0 Å². The van der Waals surface area contributed by atoms with Crippen LogP contribution in [0.3, 0.4) is 0 Å². The van der Waals surface area contributed by atoms with Gasteiger partial charge in [-0.05, 0) is 24.3 Å². The van der Waals surface area contributed by atoms with Crippen LogP contribution in [-0.4, -0.2) is 10.2 Å². The molecule has 0 amide bonds. The van der Waals surface area contributed by atoms with Crippen LogP contribution in [0.25, 0.3) is 0 Å². The van der Waals surface area contributed by atoms with Gasteiger partial charge in [-0.3, -0.25) is 0 Å². The van der Waals surface area contributed by atoms with E-state index in [2.05, 4.69) is 13.8 Å². The standard InChI is InChI=1S/2C6H6O.C3H8.4C2H6/c2*7-6-4-2-1-3-5-6;1-3-2;4*1-2/h2*1-5,7H;3H2,1-2H3;4*1-2H3. The Hall–Kier alpha value is -1.96. The molecule has 0 aromatic heterocycles. The van der Waals surface area contributed by atoms with Crippen LogP contribution < -0.4 is 0 Å². The molecule has 0 radical (unpaired) electrons. The highest BCUT2D eigenvalue weighted by atomic mass is 16.3. The van der Waals surface area contributed by atoms with Gasteiger partial charge in [0.15, 0.2) is 0 Å². The first kappa shape index (κ1) is 34.4. The molecule has 0 unspecified atom stereocenters. The van der Waals surface area contributed by atoms with Crippen LogP contribution in [0.5, 0.6) is 11.5 Å².